The Morgan fingerprint density at radius 1 is 0.778 bits per heavy atom. The second kappa shape index (κ2) is 6.68. The summed E-state index contributed by atoms with van der Waals surface area (Å²) in [6.07, 6.45) is 9.26. The molecule has 3 aromatic carbocycles. The molecule has 0 spiro atoms. The van der Waals surface area contributed by atoms with Gasteiger partial charge in [0.2, 0.25) is 0 Å². The Bertz CT molecular complexity index is 1030. The maximum absolute atomic E-state index is 2.47. The minimum Gasteiger partial charge on any atom is -0.0619 e. The lowest BCUT2D eigenvalue weighted by atomic mass is 9.76. The molecule has 0 N–H and O–H groups in total. The fourth-order valence-corrected chi connectivity index (χ4v) is 5.61. The van der Waals surface area contributed by atoms with Crippen molar-refractivity contribution in [2.24, 2.45) is 0 Å². The zero-order chi connectivity index (χ0) is 18.4. The predicted molar refractivity (Wildman–Crippen MR) is 116 cm³/mol. The van der Waals surface area contributed by atoms with Crippen molar-refractivity contribution < 1.29 is 0 Å². The van der Waals surface area contributed by atoms with Crippen LogP contribution >= 0.6 is 0 Å². The fourth-order valence-electron chi connectivity index (χ4n) is 5.61. The quantitative estimate of drug-likeness (QED) is 0.442. The Hall–Kier alpha value is -2.34. The van der Waals surface area contributed by atoms with Crippen LogP contribution in [0.15, 0.2) is 60.2 Å². The highest BCUT2D eigenvalue weighted by Gasteiger charge is 2.28. The molecule has 2 aliphatic carbocycles. The van der Waals surface area contributed by atoms with Gasteiger partial charge in [-0.05, 0) is 77.3 Å². The summed E-state index contributed by atoms with van der Waals surface area (Å²) in [6.45, 7) is 4.69. The molecule has 1 unspecified atom stereocenters. The molecule has 0 saturated heterocycles. The topological polar surface area (TPSA) is 0 Å². The van der Waals surface area contributed by atoms with E-state index in [1.54, 1.807) is 5.56 Å². The third kappa shape index (κ3) is 2.74. The standard InChI is InChI=1S/C27H28/c1-18-16-21-12-6-8-14-23(21)26(18)25-17-22-13-7-9-15-24(22)27(19(25)2)20-10-4-3-5-11-20/h6-9,12-17,20,26H,3-5,10-11H2,1-2H3. The Morgan fingerprint density at radius 2 is 1.52 bits per heavy atom. The molecule has 0 aliphatic heterocycles. The van der Waals surface area contributed by atoms with Crippen molar-refractivity contribution in [3.05, 3.63) is 88.0 Å². The van der Waals surface area contributed by atoms with Crippen LogP contribution in [0.5, 0.6) is 0 Å². The molecular weight excluding hydrogens is 324 g/mol. The van der Waals surface area contributed by atoms with Crippen LogP contribution in [0, 0.1) is 6.92 Å². The zero-order valence-electron chi connectivity index (χ0n) is 16.5. The van der Waals surface area contributed by atoms with Gasteiger partial charge < -0.3 is 0 Å². The Labute approximate surface area is 162 Å². The van der Waals surface area contributed by atoms with Crippen LogP contribution in [0.2, 0.25) is 0 Å². The Morgan fingerprint density at radius 3 is 2.37 bits per heavy atom. The number of benzene rings is 3. The second-order valence-electron chi connectivity index (χ2n) is 8.51. The first-order chi connectivity index (χ1) is 13.2. The van der Waals surface area contributed by atoms with Crippen molar-refractivity contribution in [3.63, 3.8) is 0 Å². The van der Waals surface area contributed by atoms with E-state index in [0.29, 0.717) is 5.92 Å². The van der Waals surface area contributed by atoms with Crippen molar-refractivity contribution >= 4 is 16.8 Å². The van der Waals surface area contributed by atoms with Gasteiger partial charge in [0, 0.05) is 5.92 Å². The van der Waals surface area contributed by atoms with Gasteiger partial charge in [0.15, 0.2) is 0 Å². The summed E-state index contributed by atoms with van der Waals surface area (Å²) in [5, 5.41) is 2.90. The van der Waals surface area contributed by atoms with E-state index in [1.807, 2.05) is 0 Å². The molecule has 0 heterocycles. The number of rotatable bonds is 2. The van der Waals surface area contributed by atoms with Gasteiger partial charge in [0.05, 0.1) is 0 Å². The highest BCUT2D eigenvalue weighted by molar-refractivity contribution is 5.89. The highest BCUT2D eigenvalue weighted by atomic mass is 14.3. The summed E-state index contributed by atoms with van der Waals surface area (Å²) in [7, 11) is 0. The first-order valence-electron chi connectivity index (χ1n) is 10.5. The molecule has 0 heteroatoms. The molecule has 5 rings (SSSR count). The molecule has 1 atom stereocenters. The first-order valence-corrected chi connectivity index (χ1v) is 10.5. The van der Waals surface area contributed by atoms with Crippen molar-refractivity contribution in [2.75, 3.05) is 0 Å². The number of hydrogen-bond acceptors (Lipinski definition) is 0. The summed E-state index contributed by atoms with van der Waals surface area (Å²) in [5.74, 6) is 1.14. The number of fused-ring (bicyclic) bond motifs is 2. The van der Waals surface area contributed by atoms with Crippen molar-refractivity contribution in [1.29, 1.82) is 0 Å². The number of hydrogen-bond donors (Lipinski definition) is 0. The van der Waals surface area contributed by atoms with Crippen molar-refractivity contribution in [3.8, 4) is 0 Å². The average Bonchev–Trinajstić information content (AvgIpc) is 3.04. The largest absolute Gasteiger partial charge is 0.0619 e. The smallest absolute Gasteiger partial charge is 0.0308 e. The monoisotopic (exact) mass is 352 g/mol. The van der Waals surface area contributed by atoms with Crippen LogP contribution in [-0.4, -0.2) is 0 Å². The van der Waals surface area contributed by atoms with Crippen LogP contribution < -0.4 is 0 Å². The molecule has 1 fully saturated rings. The maximum Gasteiger partial charge on any atom is 0.0308 e. The molecule has 0 aromatic heterocycles. The molecule has 2 aliphatic rings. The van der Waals surface area contributed by atoms with E-state index in [1.165, 1.54) is 70.7 Å². The zero-order valence-corrected chi connectivity index (χ0v) is 16.5. The maximum atomic E-state index is 2.47. The molecule has 136 valence electrons. The lowest BCUT2D eigenvalue weighted by Crippen LogP contribution is -2.11. The predicted octanol–water partition coefficient (Wildman–Crippen LogP) is 7.74. The van der Waals surface area contributed by atoms with Crippen LogP contribution in [0.3, 0.4) is 0 Å². The lowest BCUT2D eigenvalue weighted by molar-refractivity contribution is 0.444. The van der Waals surface area contributed by atoms with E-state index in [-0.39, 0.29) is 0 Å². The van der Waals surface area contributed by atoms with Gasteiger partial charge in [-0.2, -0.15) is 0 Å². The summed E-state index contributed by atoms with van der Waals surface area (Å²) < 4.78 is 0. The molecular formula is C27H28. The minimum absolute atomic E-state index is 0.410. The van der Waals surface area contributed by atoms with Crippen molar-refractivity contribution in [1.82, 2.24) is 0 Å². The van der Waals surface area contributed by atoms with Gasteiger partial charge in [-0.25, -0.2) is 0 Å². The SMILES string of the molecule is CC1=Cc2ccccc2C1c1cc2ccccc2c(C2CCCCC2)c1C. The van der Waals surface area contributed by atoms with E-state index in [4.69, 9.17) is 0 Å². The average molecular weight is 353 g/mol. The normalized spacial score (nSPS) is 19.9. The van der Waals surface area contributed by atoms with Crippen molar-refractivity contribution in [2.45, 2.75) is 57.8 Å². The van der Waals surface area contributed by atoms with E-state index >= 15 is 0 Å². The third-order valence-electron chi connectivity index (χ3n) is 6.87. The van der Waals surface area contributed by atoms with Crippen LogP contribution in [-0.2, 0) is 0 Å². The van der Waals surface area contributed by atoms with E-state index in [9.17, 15) is 0 Å². The molecule has 1 saturated carbocycles. The van der Waals surface area contributed by atoms with Gasteiger partial charge in [0.25, 0.3) is 0 Å². The molecule has 3 aromatic rings. The second-order valence-corrected chi connectivity index (χ2v) is 8.51. The van der Waals surface area contributed by atoms with E-state index in [2.05, 4.69) is 74.5 Å². The third-order valence-corrected chi connectivity index (χ3v) is 6.87. The Balaban J connectivity index is 1.74. The first kappa shape index (κ1) is 16.8. The Kier molecular flexibility index (Phi) is 4.16. The molecule has 0 nitrogen and oxygen atoms in total. The number of allylic oxidation sites excluding steroid dienone is 1. The van der Waals surface area contributed by atoms with Crippen LogP contribution in [0.1, 0.15) is 78.7 Å². The van der Waals surface area contributed by atoms with Gasteiger partial charge in [0.1, 0.15) is 0 Å². The van der Waals surface area contributed by atoms with Gasteiger partial charge in [-0.1, -0.05) is 79.4 Å². The van der Waals surface area contributed by atoms with E-state index < -0.39 is 0 Å². The molecule has 0 bridgehead atoms. The summed E-state index contributed by atoms with van der Waals surface area (Å²) in [5.41, 5.74) is 9.04. The molecule has 0 radical (unpaired) electrons. The summed E-state index contributed by atoms with van der Waals surface area (Å²) in [4.78, 5) is 0. The lowest BCUT2D eigenvalue weighted by Gasteiger charge is -2.28. The molecule has 27 heavy (non-hydrogen) atoms. The van der Waals surface area contributed by atoms with Crippen LogP contribution in [0.4, 0.5) is 0 Å². The highest BCUT2D eigenvalue weighted by Crippen LogP contribution is 2.46. The van der Waals surface area contributed by atoms with Gasteiger partial charge in [-0.3, -0.25) is 0 Å². The fraction of sp³-hybridized carbons (Fsp3) is 0.333. The summed E-state index contributed by atoms with van der Waals surface area (Å²) in [6, 6.07) is 20.5. The van der Waals surface area contributed by atoms with Gasteiger partial charge in [-0.15, -0.1) is 0 Å². The minimum atomic E-state index is 0.410. The summed E-state index contributed by atoms with van der Waals surface area (Å²) >= 11 is 0. The molecule has 0 amide bonds. The van der Waals surface area contributed by atoms with Crippen LogP contribution in [0.25, 0.3) is 16.8 Å². The van der Waals surface area contributed by atoms with E-state index in [0.717, 1.165) is 5.92 Å². The van der Waals surface area contributed by atoms with Gasteiger partial charge >= 0.3 is 0 Å².